The molecule has 1 aliphatic heterocycles. The third-order valence-corrected chi connectivity index (χ3v) is 6.21. The Hall–Kier alpha value is -2.06. The van der Waals surface area contributed by atoms with Gasteiger partial charge in [-0.05, 0) is 42.9 Å². The van der Waals surface area contributed by atoms with Crippen LogP contribution in [-0.2, 0) is 13.0 Å². The summed E-state index contributed by atoms with van der Waals surface area (Å²) in [6, 6.07) is 20.5. The minimum absolute atomic E-state index is 0.652. The Kier molecular flexibility index (Phi) is 3.27. The first kappa shape index (κ1) is 14.3. The molecule has 0 spiro atoms. The van der Waals surface area contributed by atoms with E-state index in [-0.39, 0.29) is 0 Å². The molecule has 3 aromatic rings. The molecule has 2 heteroatoms. The van der Waals surface area contributed by atoms with E-state index in [9.17, 15) is 0 Å². The second-order valence-electron chi connectivity index (χ2n) is 7.46. The largest absolute Gasteiger partial charge is 0.340 e. The Morgan fingerprint density at radius 3 is 2.71 bits per heavy atom. The van der Waals surface area contributed by atoms with E-state index >= 15 is 0 Å². The smallest absolute Gasteiger partial charge is 0.0488 e. The Morgan fingerprint density at radius 2 is 1.83 bits per heavy atom. The zero-order chi connectivity index (χ0) is 16.1. The van der Waals surface area contributed by atoms with Crippen molar-refractivity contribution < 1.29 is 0 Å². The molecule has 122 valence electrons. The number of aromatic nitrogens is 1. The van der Waals surface area contributed by atoms with E-state index in [4.69, 9.17) is 0 Å². The van der Waals surface area contributed by atoms with Crippen LogP contribution >= 0.6 is 0 Å². The lowest BCUT2D eigenvalue weighted by Crippen LogP contribution is -2.26. The van der Waals surface area contributed by atoms with Crippen LogP contribution in [-0.4, -0.2) is 17.2 Å². The molecule has 0 saturated carbocycles. The number of rotatable bonds is 2. The summed E-state index contributed by atoms with van der Waals surface area (Å²) in [5.41, 5.74) is 6.01. The van der Waals surface area contributed by atoms with Crippen LogP contribution in [0.15, 0.2) is 54.6 Å². The van der Waals surface area contributed by atoms with Gasteiger partial charge in [-0.2, -0.15) is 0 Å². The first-order chi connectivity index (χ1) is 11.8. The predicted octanol–water partition coefficient (Wildman–Crippen LogP) is 4.33. The van der Waals surface area contributed by atoms with Gasteiger partial charge in [-0.3, -0.25) is 0 Å². The molecule has 0 amide bonds. The molecular weight excluding hydrogens is 292 g/mol. The van der Waals surface area contributed by atoms with E-state index in [2.05, 4.69) is 71.4 Å². The van der Waals surface area contributed by atoms with E-state index in [1.807, 2.05) is 0 Å². The molecule has 24 heavy (non-hydrogen) atoms. The topological polar surface area (TPSA) is 17.0 Å². The van der Waals surface area contributed by atoms with Crippen LogP contribution < -0.4 is 5.32 Å². The Balaban J connectivity index is 1.69. The van der Waals surface area contributed by atoms with Crippen LogP contribution in [0.4, 0.5) is 0 Å². The van der Waals surface area contributed by atoms with Gasteiger partial charge in [0.1, 0.15) is 0 Å². The molecule has 2 nitrogen and oxygen atoms in total. The van der Waals surface area contributed by atoms with Gasteiger partial charge in [0.15, 0.2) is 0 Å². The van der Waals surface area contributed by atoms with Gasteiger partial charge >= 0.3 is 0 Å². The predicted molar refractivity (Wildman–Crippen MR) is 99.5 cm³/mol. The molecule has 2 aliphatic rings. The average Bonchev–Trinajstić information content (AvgIpc) is 3.15. The third-order valence-electron chi connectivity index (χ3n) is 6.21. The van der Waals surface area contributed by atoms with E-state index in [0.717, 1.165) is 19.0 Å². The number of para-hydroxylation sites is 1. The molecular formula is C22H24N2. The lowest BCUT2D eigenvalue weighted by molar-refractivity contribution is 0.387. The highest BCUT2D eigenvalue weighted by molar-refractivity contribution is 5.86. The van der Waals surface area contributed by atoms with Crippen molar-refractivity contribution in [3.63, 3.8) is 0 Å². The maximum absolute atomic E-state index is 3.72. The molecule has 2 aromatic carbocycles. The minimum Gasteiger partial charge on any atom is -0.340 e. The number of fused-ring (bicyclic) bond motifs is 5. The van der Waals surface area contributed by atoms with Crippen molar-refractivity contribution in [3.05, 3.63) is 71.4 Å². The molecule has 2 heterocycles. The van der Waals surface area contributed by atoms with Gasteiger partial charge in [0, 0.05) is 41.6 Å². The number of nitrogens with one attached hydrogen (secondary N) is 1. The van der Waals surface area contributed by atoms with Crippen molar-refractivity contribution >= 4 is 10.9 Å². The summed E-state index contributed by atoms with van der Waals surface area (Å²) in [6.45, 7) is 4.48. The van der Waals surface area contributed by atoms with Crippen molar-refractivity contribution in [2.75, 3.05) is 6.54 Å². The quantitative estimate of drug-likeness (QED) is 0.745. The fourth-order valence-electron chi connectivity index (χ4n) is 5.05. The molecule has 1 aliphatic carbocycles. The molecule has 0 bridgehead atoms. The van der Waals surface area contributed by atoms with E-state index in [1.54, 1.807) is 11.3 Å². The third kappa shape index (κ3) is 2.06. The molecule has 3 atom stereocenters. The highest BCUT2D eigenvalue weighted by atomic mass is 15.0. The van der Waals surface area contributed by atoms with Gasteiger partial charge in [-0.15, -0.1) is 0 Å². The number of hydrogen-bond donors (Lipinski definition) is 1. The maximum atomic E-state index is 3.72. The van der Waals surface area contributed by atoms with Crippen LogP contribution in [0, 0.1) is 5.92 Å². The number of nitrogens with zero attached hydrogens (tertiary/aromatic N) is 1. The van der Waals surface area contributed by atoms with Crippen molar-refractivity contribution in [1.29, 1.82) is 0 Å². The van der Waals surface area contributed by atoms with Gasteiger partial charge in [-0.25, -0.2) is 0 Å². The van der Waals surface area contributed by atoms with Crippen molar-refractivity contribution in [2.24, 2.45) is 5.92 Å². The summed E-state index contributed by atoms with van der Waals surface area (Å²) in [4.78, 5) is 0. The summed E-state index contributed by atoms with van der Waals surface area (Å²) < 4.78 is 2.58. The van der Waals surface area contributed by atoms with Gasteiger partial charge < -0.3 is 9.88 Å². The molecule has 1 aromatic heterocycles. The Labute approximate surface area is 143 Å². The minimum atomic E-state index is 0.652. The Morgan fingerprint density at radius 1 is 1.04 bits per heavy atom. The van der Waals surface area contributed by atoms with Crippen LogP contribution in [0.5, 0.6) is 0 Å². The van der Waals surface area contributed by atoms with E-state index < -0.39 is 0 Å². The molecule has 3 unspecified atom stereocenters. The number of hydrogen-bond acceptors (Lipinski definition) is 1. The zero-order valence-corrected chi connectivity index (χ0v) is 14.2. The van der Waals surface area contributed by atoms with Gasteiger partial charge in [0.25, 0.3) is 0 Å². The molecule has 1 fully saturated rings. The second-order valence-corrected chi connectivity index (χ2v) is 7.46. The highest BCUT2D eigenvalue weighted by Crippen LogP contribution is 2.45. The van der Waals surface area contributed by atoms with Crippen molar-refractivity contribution in [2.45, 2.75) is 38.3 Å². The van der Waals surface area contributed by atoms with Crippen LogP contribution in [0.25, 0.3) is 10.9 Å². The van der Waals surface area contributed by atoms with Gasteiger partial charge in [0.05, 0.1) is 0 Å². The molecule has 5 rings (SSSR count). The monoisotopic (exact) mass is 316 g/mol. The lowest BCUT2D eigenvalue weighted by Gasteiger charge is -2.28. The summed E-state index contributed by atoms with van der Waals surface area (Å²) in [6.07, 6.45) is 2.53. The van der Waals surface area contributed by atoms with Crippen molar-refractivity contribution in [3.8, 4) is 0 Å². The number of benzene rings is 2. The van der Waals surface area contributed by atoms with Crippen LogP contribution in [0.3, 0.4) is 0 Å². The molecule has 0 radical (unpaired) electrons. The van der Waals surface area contributed by atoms with Gasteiger partial charge in [0.2, 0.25) is 0 Å². The summed E-state index contributed by atoms with van der Waals surface area (Å²) in [5, 5.41) is 5.20. The fraction of sp³-hybridized carbons (Fsp3) is 0.364. The molecule has 1 N–H and O–H groups in total. The first-order valence-corrected chi connectivity index (χ1v) is 9.20. The second kappa shape index (κ2) is 5.49. The molecule has 1 saturated heterocycles. The summed E-state index contributed by atoms with van der Waals surface area (Å²) in [5.74, 6) is 1.49. The summed E-state index contributed by atoms with van der Waals surface area (Å²) >= 11 is 0. The van der Waals surface area contributed by atoms with Gasteiger partial charge in [-0.1, -0.05) is 48.5 Å². The van der Waals surface area contributed by atoms with E-state index in [0.29, 0.717) is 12.0 Å². The van der Waals surface area contributed by atoms with Crippen LogP contribution in [0.1, 0.15) is 36.1 Å². The normalized spacial score (nSPS) is 25.6. The summed E-state index contributed by atoms with van der Waals surface area (Å²) in [7, 11) is 0. The Bertz CT molecular complexity index is 878. The highest BCUT2D eigenvalue weighted by Gasteiger charge is 2.40. The van der Waals surface area contributed by atoms with E-state index in [1.165, 1.54) is 29.3 Å². The SMILES string of the molecule is CC1NCC2c3c(n(Cc4ccccc4)c4ccccc34)CCC12. The van der Waals surface area contributed by atoms with Crippen LogP contribution in [0.2, 0.25) is 0 Å². The standard InChI is InChI=1S/C22H24N2/c1-15-17-11-12-21-22(19(17)13-23-15)18-9-5-6-10-20(18)24(21)14-16-7-3-2-4-8-16/h2-10,15,17,19,23H,11-14H2,1H3. The average molecular weight is 316 g/mol. The zero-order valence-electron chi connectivity index (χ0n) is 14.2. The van der Waals surface area contributed by atoms with Crippen molar-refractivity contribution in [1.82, 2.24) is 9.88 Å². The lowest BCUT2D eigenvalue weighted by atomic mass is 9.76. The fourth-order valence-corrected chi connectivity index (χ4v) is 5.05. The maximum Gasteiger partial charge on any atom is 0.0488 e. The first-order valence-electron chi connectivity index (χ1n) is 9.20.